The Morgan fingerprint density at radius 3 is 2.38 bits per heavy atom. The average molecular weight is 295 g/mol. The van der Waals surface area contributed by atoms with E-state index in [1.807, 2.05) is 4.90 Å². The summed E-state index contributed by atoms with van der Waals surface area (Å²) in [7, 11) is 1.64. The van der Waals surface area contributed by atoms with Crippen molar-refractivity contribution >= 4 is 11.8 Å². The predicted molar refractivity (Wildman–Crippen MR) is 82.6 cm³/mol. The zero-order valence-electron chi connectivity index (χ0n) is 13.2. The van der Waals surface area contributed by atoms with Crippen molar-refractivity contribution in [2.45, 2.75) is 63.8 Å². The molecule has 0 spiro atoms. The molecule has 2 aliphatic rings. The third-order valence-electron chi connectivity index (χ3n) is 5.22. The van der Waals surface area contributed by atoms with Gasteiger partial charge in [-0.2, -0.15) is 0 Å². The molecule has 1 unspecified atom stereocenters. The Labute approximate surface area is 127 Å². The van der Waals surface area contributed by atoms with E-state index in [9.17, 15) is 9.59 Å². The highest BCUT2D eigenvalue weighted by molar-refractivity contribution is 5.90. The van der Waals surface area contributed by atoms with Crippen LogP contribution in [0.15, 0.2) is 0 Å². The number of nitrogens with zero attached hydrogens (tertiary/aromatic N) is 1. The smallest absolute Gasteiger partial charge is 0.242 e. The molecule has 1 atom stereocenters. The van der Waals surface area contributed by atoms with Crippen LogP contribution in [-0.2, 0) is 9.59 Å². The maximum absolute atomic E-state index is 13.2. The zero-order chi connectivity index (χ0) is 15.3. The van der Waals surface area contributed by atoms with Gasteiger partial charge in [0.15, 0.2) is 0 Å². The number of likely N-dealkylation sites (N-methyl/N-ethyl adjacent to an activating group) is 1. The highest BCUT2D eigenvalue weighted by Gasteiger charge is 2.43. The van der Waals surface area contributed by atoms with Crippen molar-refractivity contribution < 1.29 is 9.59 Å². The van der Waals surface area contributed by atoms with E-state index in [-0.39, 0.29) is 17.9 Å². The molecule has 3 N–H and O–H groups in total. The fourth-order valence-electron chi connectivity index (χ4n) is 3.83. The molecule has 2 fully saturated rings. The first-order chi connectivity index (χ1) is 10.1. The van der Waals surface area contributed by atoms with E-state index >= 15 is 0 Å². The minimum Gasteiger partial charge on any atom is -0.357 e. The van der Waals surface area contributed by atoms with Crippen LogP contribution in [0.1, 0.15) is 57.8 Å². The second-order valence-corrected chi connectivity index (χ2v) is 6.52. The van der Waals surface area contributed by atoms with Gasteiger partial charge in [0.2, 0.25) is 11.8 Å². The Balaban J connectivity index is 2.19. The Hall–Kier alpha value is -1.10. The quantitative estimate of drug-likeness (QED) is 0.773. The van der Waals surface area contributed by atoms with Gasteiger partial charge in [0.05, 0.1) is 5.41 Å². The van der Waals surface area contributed by atoms with Gasteiger partial charge in [-0.15, -0.1) is 0 Å². The van der Waals surface area contributed by atoms with Crippen LogP contribution in [0.4, 0.5) is 0 Å². The molecule has 2 rings (SSSR count). The molecule has 0 aromatic heterocycles. The number of hydrogen-bond donors (Lipinski definition) is 2. The summed E-state index contributed by atoms with van der Waals surface area (Å²) < 4.78 is 0. The van der Waals surface area contributed by atoms with Gasteiger partial charge in [-0.3, -0.25) is 9.59 Å². The molecule has 21 heavy (non-hydrogen) atoms. The summed E-state index contributed by atoms with van der Waals surface area (Å²) in [4.78, 5) is 27.1. The van der Waals surface area contributed by atoms with E-state index in [4.69, 9.17) is 5.73 Å². The molecule has 1 aliphatic carbocycles. The predicted octanol–water partition coefficient (Wildman–Crippen LogP) is 1.41. The summed E-state index contributed by atoms with van der Waals surface area (Å²) in [5, 5.41) is 2.70. The van der Waals surface area contributed by atoms with E-state index in [0.29, 0.717) is 13.1 Å². The second-order valence-electron chi connectivity index (χ2n) is 6.52. The summed E-state index contributed by atoms with van der Waals surface area (Å²) >= 11 is 0. The molecular formula is C16H29N3O2. The minimum atomic E-state index is -0.430. The number of carbonyl (C=O) groups is 2. The van der Waals surface area contributed by atoms with Crippen LogP contribution in [0.2, 0.25) is 0 Å². The molecule has 1 saturated heterocycles. The molecule has 0 aromatic carbocycles. The molecule has 5 heteroatoms. The van der Waals surface area contributed by atoms with Crippen LogP contribution in [-0.4, -0.2) is 42.9 Å². The van der Waals surface area contributed by atoms with Gasteiger partial charge in [-0.1, -0.05) is 25.7 Å². The van der Waals surface area contributed by atoms with Crippen molar-refractivity contribution in [3.05, 3.63) is 0 Å². The second kappa shape index (κ2) is 7.25. The lowest BCUT2D eigenvalue weighted by molar-refractivity contribution is -0.151. The van der Waals surface area contributed by atoms with Crippen LogP contribution in [0, 0.1) is 5.41 Å². The lowest BCUT2D eigenvalue weighted by Gasteiger charge is -2.41. The summed E-state index contributed by atoms with van der Waals surface area (Å²) in [6.07, 6.45) is 9.03. The number of carbonyl (C=O) groups excluding carboxylic acids is 2. The van der Waals surface area contributed by atoms with Crippen LogP contribution < -0.4 is 11.1 Å². The Kier molecular flexibility index (Phi) is 5.62. The normalized spacial score (nSPS) is 26.0. The highest BCUT2D eigenvalue weighted by atomic mass is 16.2. The van der Waals surface area contributed by atoms with Gasteiger partial charge in [0.1, 0.15) is 6.04 Å². The standard InChI is InChI=1S/C16H29N3O2/c1-18-14(20)13-8-4-7-11-19(13)15(21)16(12-17)9-5-2-3-6-10-16/h13H,2-12,17H2,1H3,(H,18,20). The van der Waals surface area contributed by atoms with Crippen molar-refractivity contribution in [1.82, 2.24) is 10.2 Å². The zero-order valence-corrected chi connectivity index (χ0v) is 13.2. The molecule has 5 nitrogen and oxygen atoms in total. The molecular weight excluding hydrogens is 266 g/mol. The Morgan fingerprint density at radius 1 is 1.14 bits per heavy atom. The van der Waals surface area contributed by atoms with E-state index in [1.54, 1.807) is 7.05 Å². The van der Waals surface area contributed by atoms with Gasteiger partial charge in [0, 0.05) is 20.1 Å². The van der Waals surface area contributed by atoms with Gasteiger partial charge >= 0.3 is 0 Å². The first-order valence-electron chi connectivity index (χ1n) is 8.37. The number of rotatable bonds is 3. The van der Waals surface area contributed by atoms with Gasteiger partial charge < -0.3 is 16.0 Å². The topological polar surface area (TPSA) is 75.4 Å². The number of likely N-dealkylation sites (tertiary alicyclic amines) is 1. The molecule has 1 heterocycles. The van der Waals surface area contributed by atoms with Crippen LogP contribution in [0.25, 0.3) is 0 Å². The van der Waals surface area contributed by atoms with E-state index in [1.165, 1.54) is 12.8 Å². The summed E-state index contributed by atoms with van der Waals surface area (Å²) in [5.74, 6) is 0.0871. The van der Waals surface area contributed by atoms with E-state index in [2.05, 4.69) is 5.32 Å². The number of amides is 2. The fourth-order valence-corrected chi connectivity index (χ4v) is 3.83. The fraction of sp³-hybridized carbons (Fsp3) is 0.875. The van der Waals surface area contributed by atoms with Crippen molar-refractivity contribution in [2.75, 3.05) is 20.1 Å². The SMILES string of the molecule is CNC(=O)C1CCCCN1C(=O)C1(CN)CCCCCC1. The molecule has 120 valence electrons. The van der Waals surface area contributed by atoms with Crippen LogP contribution in [0.5, 0.6) is 0 Å². The third-order valence-corrected chi connectivity index (χ3v) is 5.22. The lowest BCUT2D eigenvalue weighted by Crippen LogP contribution is -2.57. The summed E-state index contributed by atoms with van der Waals surface area (Å²) in [6.45, 7) is 1.10. The third kappa shape index (κ3) is 3.39. The average Bonchev–Trinajstić information content (AvgIpc) is 2.80. The van der Waals surface area contributed by atoms with E-state index in [0.717, 1.165) is 44.9 Å². The van der Waals surface area contributed by atoms with E-state index < -0.39 is 5.41 Å². The van der Waals surface area contributed by atoms with Gasteiger partial charge in [-0.05, 0) is 32.1 Å². The Morgan fingerprint density at radius 2 is 1.81 bits per heavy atom. The maximum Gasteiger partial charge on any atom is 0.242 e. The summed E-state index contributed by atoms with van der Waals surface area (Å²) in [5.41, 5.74) is 5.59. The molecule has 0 aromatic rings. The number of piperidine rings is 1. The van der Waals surface area contributed by atoms with Gasteiger partial charge in [0.25, 0.3) is 0 Å². The Bertz CT molecular complexity index is 376. The number of hydrogen-bond acceptors (Lipinski definition) is 3. The van der Waals surface area contributed by atoms with Crippen molar-refractivity contribution in [3.63, 3.8) is 0 Å². The van der Waals surface area contributed by atoms with Gasteiger partial charge in [-0.25, -0.2) is 0 Å². The van der Waals surface area contributed by atoms with Crippen molar-refractivity contribution in [2.24, 2.45) is 11.1 Å². The molecule has 0 bridgehead atoms. The van der Waals surface area contributed by atoms with Crippen molar-refractivity contribution in [3.8, 4) is 0 Å². The van der Waals surface area contributed by atoms with Crippen molar-refractivity contribution in [1.29, 1.82) is 0 Å². The molecule has 1 saturated carbocycles. The monoisotopic (exact) mass is 295 g/mol. The molecule has 0 radical (unpaired) electrons. The first kappa shape index (κ1) is 16.3. The largest absolute Gasteiger partial charge is 0.357 e. The van der Waals surface area contributed by atoms with Crippen LogP contribution >= 0.6 is 0 Å². The first-order valence-corrected chi connectivity index (χ1v) is 8.37. The molecule has 2 amide bonds. The molecule has 1 aliphatic heterocycles. The summed E-state index contributed by atoms with van der Waals surface area (Å²) in [6, 6.07) is -0.303. The van der Waals surface area contributed by atoms with Crippen LogP contribution in [0.3, 0.4) is 0 Å². The number of nitrogens with two attached hydrogens (primary N) is 1. The number of nitrogens with one attached hydrogen (secondary N) is 1. The highest BCUT2D eigenvalue weighted by Crippen LogP contribution is 2.37. The lowest BCUT2D eigenvalue weighted by atomic mass is 9.78. The maximum atomic E-state index is 13.2. The minimum absolute atomic E-state index is 0.0381.